The molecule has 0 unspecified atom stereocenters. The van der Waals surface area contributed by atoms with E-state index in [1.165, 1.54) is 0 Å². The van der Waals surface area contributed by atoms with Crippen molar-refractivity contribution in [1.82, 2.24) is 0 Å². The van der Waals surface area contributed by atoms with Gasteiger partial charge in [0, 0.05) is 6.61 Å². The molecule has 0 heterocycles. The molecule has 0 radical (unpaired) electrons. The Morgan fingerprint density at radius 3 is 2.38 bits per heavy atom. The number of aliphatic hydroxyl groups excluding tert-OH is 1. The minimum Gasteiger partial charge on any atom is -0.478 e. The second kappa shape index (κ2) is 4.52. The highest BCUT2D eigenvalue weighted by Crippen LogP contribution is 2.32. The normalized spacial score (nSPS) is 11.5. The highest BCUT2D eigenvalue weighted by Gasteiger charge is 2.33. The Hall–Kier alpha value is -1.56. The lowest BCUT2D eigenvalue weighted by Crippen LogP contribution is -2.11. The molecule has 0 atom stereocenters. The standard InChI is InChI=1S/C10H9F3O3/c11-10(12,13)8-2-1-7(9(15)16)5-6(8)3-4-14/h1-2,5,14H,3-4H2,(H,15,16). The lowest BCUT2D eigenvalue weighted by molar-refractivity contribution is -0.138. The molecule has 0 spiro atoms. The van der Waals surface area contributed by atoms with E-state index in [9.17, 15) is 18.0 Å². The molecule has 1 rings (SSSR count). The first-order valence-electron chi connectivity index (χ1n) is 4.40. The second-order valence-electron chi connectivity index (χ2n) is 3.15. The summed E-state index contributed by atoms with van der Waals surface area (Å²) in [6, 6.07) is 2.54. The van der Waals surface area contributed by atoms with E-state index < -0.39 is 24.3 Å². The third-order valence-electron chi connectivity index (χ3n) is 2.04. The van der Waals surface area contributed by atoms with Crippen molar-refractivity contribution in [3.8, 4) is 0 Å². The molecule has 0 saturated heterocycles. The van der Waals surface area contributed by atoms with Crippen molar-refractivity contribution in [3.05, 3.63) is 34.9 Å². The average molecular weight is 234 g/mol. The number of aliphatic hydroxyl groups is 1. The van der Waals surface area contributed by atoms with Crippen LogP contribution >= 0.6 is 0 Å². The molecule has 0 aromatic heterocycles. The van der Waals surface area contributed by atoms with Crippen molar-refractivity contribution in [2.45, 2.75) is 12.6 Å². The molecule has 0 fully saturated rings. The topological polar surface area (TPSA) is 57.5 Å². The number of alkyl halides is 3. The molecule has 88 valence electrons. The van der Waals surface area contributed by atoms with E-state index in [-0.39, 0.29) is 17.5 Å². The van der Waals surface area contributed by atoms with Crippen LogP contribution in [-0.2, 0) is 12.6 Å². The van der Waals surface area contributed by atoms with Crippen molar-refractivity contribution >= 4 is 5.97 Å². The summed E-state index contributed by atoms with van der Waals surface area (Å²) < 4.78 is 37.4. The van der Waals surface area contributed by atoms with Gasteiger partial charge >= 0.3 is 12.1 Å². The van der Waals surface area contributed by atoms with Crippen LogP contribution in [0.3, 0.4) is 0 Å². The number of carboxylic acids is 1. The summed E-state index contributed by atoms with van der Waals surface area (Å²) in [5.41, 5.74) is -1.35. The van der Waals surface area contributed by atoms with Crippen LogP contribution in [0, 0.1) is 0 Å². The number of halogens is 3. The smallest absolute Gasteiger partial charge is 0.416 e. The largest absolute Gasteiger partial charge is 0.478 e. The fourth-order valence-corrected chi connectivity index (χ4v) is 1.33. The number of benzene rings is 1. The van der Waals surface area contributed by atoms with Crippen molar-refractivity contribution in [2.24, 2.45) is 0 Å². The number of hydrogen-bond donors (Lipinski definition) is 2. The maximum atomic E-state index is 12.5. The van der Waals surface area contributed by atoms with Crippen LogP contribution in [0.4, 0.5) is 13.2 Å². The average Bonchev–Trinajstić information content (AvgIpc) is 2.16. The summed E-state index contributed by atoms with van der Waals surface area (Å²) in [5, 5.41) is 17.3. The summed E-state index contributed by atoms with van der Waals surface area (Å²) in [4.78, 5) is 10.6. The first kappa shape index (κ1) is 12.5. The Bertz CT molecular complexity index is 399. The van der Waals surface area contributed by atoms with E-state index in [1.54, 1.807) is 0 Å². The molecular weight excluding hydrogens is 225 g/mol. The van der Waals surface area contributed by atoms with Crippen molar-refractivity contribution in [2.75, 3.05) is 6.61 Å². The summed E-state index contributed by atoms with van der Waals surface area (Å²) >= 11 is 0. The monoisotopic (exact) mass is 234 g/mol. The summed E-state index contributed by atoms with van der Waals surface area (Å²) in [6.45, 7) is -0.466. The van der Waals surface area contributed by atoms with Gasteiger partial charge in [0.05, 0.1) is 11.1 Å². The Balaban J connectivity index is 3.24. The molecule has 0 aliphatic carbocycles. The van der Waals surface area contributed by atoms with Gasteiger partial charge < -0.3 is 10.2 Å². The molecular formula is C10H9F3O3. The van der Waals surface area contributed by atoms with Crippen LogP contribution in [0.2, 0.25) is 0 Å². The Morgan fingerprint density at radius 2 is 1.94 bits per heavy atom. The summed E-state index contributed by atoms with van der Waals surface area (Å²) in [5.74, 6) is -1.30. The number of carbonyl (C=O) groups is 1. The zero-order valence-electron chi connectivity index (χ0n) is 8.08. The molecule has 16 heavy (non-hydrogen) atoms. The van der Waals surface area contributed by atoms with Gasteiger partial charge in [-0.15, -0.1) is 0 Å². The van der Waals surface area contributed by atoms with E-state index in [2.05, 4.69) is 0 Å². The molecule has 0 aliphatic rings. The van der Waals surface area contributed by atoms with Gasteiger partial charge in [-0.2, -0.15) is 13.2 Å². The quantitative estimate of drug-likeness (QED) is 0.840. The van der Waals surface area contributed by atoms with E-state index in [0.717, 1.165) is 12.1 Å². The van der Waals surface area contributed by atoms with Gasteiger partial charge in [0.2, 0.25) is 0 Å². The lowest BCUT2D eigenvalue weighted by Gasteiger charge is -2.12. The van der Waals surface area contributed by atoms with E-state index in [1.807, 2.05) is 0 Å². The van der Waals surface area contributed by atoms with Crippen LogP contribution in [0.5, 0.6) is 0 Å². The third-order valence-corrected chi connectivity index (χ3v) is 2.04. The van der Waals surface area contributed by atoms with Crippen LogP contribution in [0.25, 0.3) is 0 Å². The van der Waals surface area contributed by atoms with E-state index >= 15 is 0 Å². The second-order valence-corrected chi connectivity index (χ2v) is 3.15. The number of hydrogen-bond acceptors (Lipinski definition) is 2. The maximum absolute atomic E-state index is 12.5. The molecule has 0 bridgehead atoms. The SMILES string of the molecule is O=C(O)c1ccc(C(F)(F)F)c(CCO)c1. The Labute approximate surface area is 89.1 Å². The predicted octanol–water partition coefficient (Wildman–Crippen LogP) is 1.94. The minimum absolute atomic E-state index is 0.213. The number of aromatic carboxylic acids is 1. The number of rotatable bonds is 3. The van der Waals surface area contributed by atoms with Gasteiger partial charge in [-0.1, -0.05) is 0 Å². The van der Waals surface area contributed by atoms with Crippen LogP contribution in [0.1, 0.15) is 21.5 Å². The molecule has 6 heteroatoms. The van der Waals surface area contributed by atoms with Crippen molar-refractivity contribution < 1.29 is 28.2 Å². The van der Waals surface area contributed by atoms with Gasteiger partial charge in [0.15, 0.2) is 0 Å². The van der Waals surface area contributed by atoms with Gasteiger partial charge in [0.25, 0.3) is 0 Å². The minimum atomic E-state index is -4.54. The predicted molar refractivity (Wildman–Crippen MR) is 49.2 cm³/mol. The highest BCUT2D eigenvalue weighted by molar-refractivity contribution is 5.87. The molecule has 3 nitrogen and oxygen atoms in total. The molecule has 2 N–H and O–H groups in total. The van der Waals surface area contributed by atoms with Gasteiger partial charge in [-0.05, 0) is 30.2 Å². The van der Waals surface area contributed by atoms with Crippen LogP contribution in [0.15, 0.2) is 18.2 Å². The molecule has 0 amide bonds. The zero-order chi connectivity index (χ0) is 12.3. The van der Waals surface area contributed by atoms with Crippen LogP contribution < -0.4 is 0 Å². The van der Waals surface area contributed by atoms with Gasteiger partial charge in [-0.25, -0.2) is 4.79 Å². The number of carboxylic acid groups (broad SMARTS) is 1. The molecule has 1 aromatic carbocycles. The van der Waals surface area contributed by atoms with Crippen molar-refractivity contribution in [3.63, 3.8) is 0 Å². The lowest BCUT2D eigenvalue weighted by atomic mass is 10.0. The van der Waals surface area contributed by atoms with Gasteiger partial charge in [0.1, 0.15) is 0 Å². The van der Waals surface area contributed by atoms with E-state index in [4.69, 9.17) is 10.2 Å². The Kier molecular flexibility index (Phi) is 3.54. The van der Waals surface area contributed by atoms with Crippen LogP contribution in [-0.4, -0.2) is 22.8 Å². The van der Waals surface area contributed by atoms with E-state index in [0.29, 0.717) is 6.07 Å². The van der Waals surface area contributed by atoms with Gasteiger partial charge in [-0.3, -0.25) is 0 Å². The fourth-order valence-electron chi connectivity index (χ4n) is 1.33. The fraction of sp³-hybridized carbons (Fsp3) is 0.300. The summed E-state index contributed by atoms with van der Waals surface area (Å²) in [7, 11) is 0. The molecule has 0 saturated carbocycles. The van der Waals surface area contributed by atoms with Crippen molar-refractivity contribution in [1.29, 1.82) is 0 Å². The molecule has 1 aromatic rings. The first-order valence-corrected chi connectivity index (χ1v) is 4.40. The highest BCUT2D eigenvalue weighted by atomic mass is 19.4. The first-order chi connectivity index (χ1) is 7.36. The zero-order valence-corrected chi connectivity index (χ0v) is 8.08. The summed E-state index contributed by atoms with van der Waals surface area (Å²) in [6.07, 6.45) is -4.77. The third kappa shape index (κ3) is 2.73. The Morgan fingerprint density at radius 1 is 1.31 bits per heavy atom. The molecule has 0 aliphatic heterocycles. The maximum Gasteiger partial charge on any atom is 0.416 e.